The zero-order valence-corrected chi connectivity index (χ0v) is 15.1. The van der Waals surface area contributed by atoms with Gasteiger partial charge in [-0.1, -0.05) is 25.5 Å². The SMILES string of the molecule is CCCc1cc(C(=O)O)nn1Cc1ccc(C(=O)OC(C)(C)C)cc1. The van der Waals surface area contributed by atoms with Crippen molar-refractivity contribution in [1.82, 2.24) is 9.78 Å². The van der Waals surface area contributed by atoms with Crippen molar-refractivity contribution in [1.29, 1.82) is 0 Å². The van der Waals surface area contributed by atoms with Crippen molar-refractivity contribution in [2.45, 2.75) is 52.7 Å². The molecule has 0 saturated heterocycles. The molecule has 0 unspecified atom stereocenters. The highest BCUT2D eigenvalue weighted by Crippen LogP contribution is 2.15. The molecule has 0 aliphatic rings. The smallest absolute Gasteiger partial charge is 0.356 e. The van der Waals surface area contributed by atoms with Crippen LogP contribution in [0.5, 0.6) is 0 Å². The topological polar surface area (TPSA) is 81.4 Å². The van der Waals surface area contributed by atoms with Crippen molar-refractivity contribution < 1.29 is 19.4 Å². The molecule has 0 saturated carbocycles. The number of benzene rings is 1. The van der Waals surface area contributed by atoms with Crippen LogP contribution in [0.2, 0.25) is 0 Å². The molecule has 0 amide bonds. The Balaban J connectivity index is 2.16. The van der Waals surface area contributed by atoms with Gasteiger partial charge in [0.15, 0.2) is 5.69 Å². The number of carboxylic acids is 1. The largest absolute Gasteiger partial charge is 0.476 e. The van der Waals surface area contributed by atoms with Crippen LogP contribution in [0.15, 0.2) is 30.3 Å². The first-order valence-electron chi connectivity index (χ1n) is 8.32. The number of aromatic nitrogens is 2. The summed E-state index contributed by atoms with van der Waals surface area (Å²) in [5.74, 6) is -1.39. The molecule has 1 N–H and O–H groups in total. The highest BCUT2D eigenvalue weighted by molar-refractivity contribution is 5.89. The number of hydrogen-bond acceptors (Lipinski definition) is 4. The average Bonchev–Trinajstić information content (AvgIpc) is 2.90. The third-order valence-corrected chi connectivity index (χ3v) is 3.51. The zero-order chi connectivity index (χ0) is 18.6. The quantitative estimate of drug-likeness (QED) is 0.811. The van der Waals surface area contributed by atoms with Gasteiger partial charge in [-0.2, -0.15) is 5.10 Å². The lowest BCUT2D eigenvalue weighted by molar-refractivity contribution is 0.00693. The van der Waals surface area contributed by atoms with E-state index >= 15 is 0 Å². The fraction of sp³-hybridized carbons (Fsp3) is 0.421. The maximum Gasteiger partial charge on any atom is 0.356 e. The van der Waals surface area contributed by atoms with Crippen molar-refractivity contribution >= 4 is 11.9 Å². The van der Waals surface area contributed by atoms with Crippen molar-refractivity contribution in [2.75, 3.05) is 0 Å². The predicted octanol–water partition coefficient (Wildman–Crippen LogP) is 3.54. The van der Waals surface area contributed by atoms with Gasteiger partial charge >= 0.3 is 11.9 Å². The number of rotatable bonds is 6. The Hall–Kier alpha value is -2.63. The van der Waals surface area contributed by atoms with Crippen LogP contribution in [0.1, 0.15) is 66.2 Å². The van der Waals surface area contributed by atoms with Crippen LogP contribution in [-0.2, 0) is 17.7 Å². The second-order valence-corrected chi connectivity index (χ2v) is 6.93. The van der Waals surface area contributed by atoms with E-state index in [1.54, 1.807) is 22.9 Å². The normalized spacial score (nSPS) is 11.4. The van der Waals surface area contributed by atoms with Crippen molar-refractivity contribution in [2.24, 2.45) is 0 Å². The van der Waals surface area contributed by atoms with Gasteiger partial charge in [0.2, 0.25) is 0 Å². The average molecular weight is 344 g/mol. The first-order valence-corrected chi connectivity index (χ1v) is 8.32. The van der Waals surface area contributed by atoms with Gasteiger partial charge in [0, 0.05) is 5.69 Å². The number of hydrogen-bond donors (Lipinski definition) is 1. The summed E-state index contributed by atoms with van der Waals surface area (Å²) < 4.78 is 7.04. The summed E-state index contributed by atoms with van der Waals surface area (Å²) in [6.07, 6.45) is 1.67. The van der Waals surface area contributed by atoms with E-state index in [2.05, 4.69) is 5.10 Å². The molecule has 2 rings (SSSR count). The number of esters is 1. The number of ether oxygens (including phenoxy) is 1. The maximum atomic E-state index is 12.0. The fourth-order valence-corrected chi connectivity index (χ4v) is 2.41. The van der Waals surface area contributed by atoms with Crippen molar-refractivity contribution in [3.8, 4) is 0 Å². The summed E-state index contributed by atoms with van der Waals surface area (Å²) in [4.78, 5) is 23.2. The Morgan fingerprint density at radius 2 is 1.84 bits per heavy atom. The Kier molecular flexibility index (Phi) is 5.62. The lowest BCUT2D eigenvalue weighted by Crippen LogP contribution is -2.23. The van der Waals surface area contributed by atoms with E-state index in [1.165, 1.54) is 0 Å². The van der Waals surface area contributed by atoms with E-state index in [-0.39, 0.29) is 11.7 Å². The predicted molar refractivity (Wildman–Crippen MR) is 93.9 cm³/mol. The van der Waals surface area contributed by atoms with Crippen LogP contribution in [0.3, 0.4) is 0 Å². The third kappa shape index (κ3) is 5.17. The molecular weight excluding hydrogens is 320 g/mol. The molecule has 0 atom stereocenters. The summed E-state index contributed by atoms with van der Waals surface area (Å²) in [6, 6.07) is 8.70. The third-order valence-electron chi connectivity index (χ3n) is 3.51. The van der Waals surface area contributed by atoms with Gasteiger partial charge in [-0.25, -0.2) is 9.59 Å². The van der Waals surface area contributed by atoms with Gasteiger partial charge in [-0.15, -0.1) is 0 Å². The number of aryl methyl sites for hydroxylation is 1. The Bertz CT molecular complexity index is 755. The molecule has 6 heteroatoms. The number of nitrogens with zero attached hydrogens (tertiary/aromatic N) is 2. The summed E-state index contributed by atoms with van der Waals surface area (Å²) in [6.45, 7) is 7.97. The fourth-order valence-electron chi connectivity index (χ4n) is 2.41. The Morgan fingerprint density at radius 1 is 1.20 bits per heavy atom. The molecule has 0 radical (unpaired) electrons. The first-order chi connectivity index (χ1) is 11.7. The molecule has 1 aromatic heterocycles. The minimum absolute atomic E-state index is 0.0498. The molecule has 0 fully saturated rings. The van der Waals surface area contributed by atoms with Gasteiger partial charge < -0.3 is 9.84 Å². The molecule has 0 spiro atoms. The molecule has 0 aliphatic carbocycles. The standard InChI is InChI=1S/C19H24N2O4/c1-5-6-15-11-16(17(22)23)20-21(15)12-13-7-9-14(10-8-13)18(24)25-19(2,3)4/h7-11H,5-6,12H2,1-4H3,(H,22,23). The zero-order valence-electron chi connectivity index (χ0n) is 15.1. The van der Waals surface area contributed by atoms with Crippen LogP contribution in [0, 0.1) is 0 Å². The highest BCUT2D eigenvalue weighted by atomic mass is 16.6. The molecule has 0 aliphatic heterocycles. The van der Waals surface area contributed by atoms with Crippen LogP contribution in [0.25, 0.3) is 0 Å². The van der Waals surface area contributed by atoms with E-state index in [1.807, 2.05) is 39.8 Å². The number of carbonyl (C=O) groups is 2. The van der Waals surface area contributed by atoms with Crippen LogP contribution < -0.4 is 0 Å². The molecule has 2 aromatic rings. The van der Waals surface area contributed by atoms with Gasteiger partial charge in [-0.05, 0) is 51.0 Å². The van der Waals surface area contributed by atoms with Gasteiger partial charge in [0.25, 0.3) is 0 Å². The van der Waals surface area contributed by atoms with Gasteiger partial charge in [-0.3, -0.25) is 4.68 Å². The molecule has 6 nitrogen and oxygen atoms in total. The molecule has 0 bridgehead atoms. The van der Waals surface area contributed by atoms with Gasteiger partial charge in [0.05, 0.1) is 12.1 Å². The number of carbonyl (C=O) groups excluding carboxylic acids is 1. The first kappa shape index (κ1) is 18.7. The summed E-state index contributed by atoms with van der Waals surface area (Å²) in [5.41, 5.74) is 1.82. The minimum atomic E-state index is -1.03. The molecule has 1 aromatic carbocycles. The van der Waals surface area contributed by atoms with E-state index < -0.39 is 11.6 Å². The van der Waals surface area contributed by atoms with Crippen LogP contribution in [0.4, 0.5) is 0 Å². The number of carboxylic acid groups (broad SMARTS) is 1. The number of aromatic carboxylic acids is 1. The van der Waals surface area contributed by atoms with Crippen LogP contribution >= 0.6 is 0 Å². The van der Waals surface area contributed by atoms with E-state index in [0.29, 0.717) is 12.1 Å². The summed E-state index contributed by atoms with van der Waals surface area (Å²) in [7, 11) is 0. The summed E-state index contributed by atoms with van der Waals surface area (Å²) >= 11 is 0. The Morgan fingerprint density at radius 3 is 2.36 bits per heavy atom. The lowest BCUT2D eigenvalue weighted by Gasteiger charge is -2.19. The Labute approximate surface area is 147 Å². The molecule has 1 heterocycles. The van der Waals surface area contributed by atoms with E-state index in [4.69, 9.17) is 9.84 Å². The van der Waals surface area contributed by atoms with Gasteiger partial charge in [0.1, 0.15) is 5.60 Å². The van der Waals surface area contributed by atoms with Crippen LogP contribution in [-0.4, -0.2) is 32.4 Å². The second-order valence-electron chi connectivity index (χ2n) is 6.93. The second kappa shape index (κ2) is 7.51. The maximum absolute atomic E-state index is 12.0. The van der Waals surface area contributed by atoms with E-state index in [0.717, 1.165) is 24.1 Å². The minimum Gasteiger partial charge on any atom is -0.476 e. The van der Waals surface area contributed by atoms with E-state index in [9.17, 15) is 9.59 Å². The monoisotopic (exact) mass is 344 g/mol. The highest BCUT2D eigenvalue weighted by Gasteiger charge is 2.18. The van der Waals surface area contributed by atoms with Crippen molar-refractivity contribution in [3.05, 3.63) is 52.8 Å². The lowest BCUT2D eigenvalue weighted by atomic mass is 10.1. The molecular formula is C19H24N2O4. The molecule has 134 valence electrons. The van der Waals surface area contributed by atoms with Crippen molar-refractivity contribution in [3.63, 3.8) is 0 Å². The molecule has 25 heavy (non-hydrogen) atoms. The summed E-state index contributed by atoms with van der Waals surface area (Å²) in [5, 5.41) is 13.3.